The van der Waals surface area contributed by atoms with Crippen LogP contribution >= 0.6 is 23.2 Å². The summed E-state index contributed by atoms with van der Waals surface area (Å²) in [5.74, 6) is -0.0378. The van der Waals surface area contributed by atoms with Crippen molar-refractivity contribution in [2.45, 2.75) is 31.4 Å². The maximum absolute atomic E-state index is 12.6. The number of nitrogens with zero attached hydrogens (tertiary/aromatic N) is 3. The highest BCUT2D eigenvalue weighted by molar-refractivity contribution is 6.35. The van der Waals surface area contributed by atoms with E-state index in [-0.39, 0.29) is 5.91 Å². The zero-order valence-corrected chi connectivity index (χ0v) is 15.1. The predicted octanol–water partition coefficient (Wildman–Crippen LogP) is 2.78. The van der Waals surface area contributed by atoms with Gasteiger partial charge in [-0.15, -0.1) is 0 Å². The molecular weight excluding hydrogens is 349 g/mol. The molecule has 24 heavy (non-hydrogen) atoms. The van der Waals surface area contributed by atoms with E-state index in [1.165, 1.54) is 0 Å². The molecule has 1 aliphatic carbocycles. The van der Waals surface area contributed by atoms with Gasteiger partial charge in [0.05, 0.1) is 12.1 Å². The first-order valence-electron chi connectivity index (χ1n) is 7.77. The smallest absolute Gasteiger partial charge is 0.223 e. The minimum Gasteiger partial charge on any atom is -0.390 e. The summed E-state index contributed by atoms with van der Waals surface area (Å²) in [6.45, 7) is 0. The lowest BCUT2D eigenvalue weighted by Gasteiger charge is -2.28. The Hall–Kier alpha value is -1.56. The van der Waals surface area contributed by atoms with Gasteiger partial charge in [-0.1, -0.05) is 23.2 Å². The molecule has 5 nitrogen and oxygen atoms in total. The van der Waals surface area contributed by atoms with E-state index in [0.29, 0.717) is 29.3 Å². The summed E-state index contributed by atoms with van der Waals surface area (Å²) in [5.41, 5.74) is 2.69. The average molecular weight is 368 g/mol. The number of amides is 1. The molecule has 1 amide bonds. The van der Waals surface area contributed by atoms with E-state index in [1.54, 1.807) is 35.0 Å². The molecular formula is C17H19Cl2N3O2. The van der Waals surface area contributed by atoms with Gasteiger partial charge in [0.1, 0.15) is 0 Å². The van der Waals surface area contributed by atoms with E-state index in [4.69, 9.17) is 23.2 Å². The Balaban J connectivity index is 1.77. The van der Waals surface area contributed by atoms with Crippen molar-refractivity contribution in [3.05, 3.63) is 51.3 Å². The number of hydrogen-bond acceptors (Lipinski definition) is 3. The highest BCUT2D eigenvalue weighted by Crippen LogP contribution is 2.41. The predicted molar refractivity (Wildman–Crippen MR) is 93.2 cm³/mol. The topological polar surface area (TPSA) is 58.4 Å². The summed E-state index contributed by atoms with van der Waals surface area (Å²) in [4.78, 5) is 14.2. The first kappa shape index (κ1) is 17.3. The zero-order valence-electron chi connectivity index (χ0n) is 13.5. The summed E-state index contributed by atoms with van der Waals surface area (Å²) in [6, 6.07) is 4.93. The van der Waals surface area contributed by atoms with Gasteiger partial charge in [0, 0.05) is 48.9 Å². The van der Waals surface area contributed by atoms with E-state index < -0.39 is 12.1 Å². The number of halogens is 2. The summed E-state index contributed by atoms with van der Waals surface area (Å²) < 4.78 is 1.76. The first-order chi connectivity index (χ1) is 11.4. The lowest BCUT2D eigenvalue weighted by atomic mass is 10.1. The molecule has 3 rings (SSSR count). The van der Waals surface area contributed by atoms with Gasteiger partial charge in [0.2, 0.25) is 5.91 Å². The number of benzene rings is 1. The van der Waals surface area contributed by atoms with Gasteiger partial charge in [0.15, 0.2) is 0 Å². The third kappa shape index (κ3) is 3.16. The Kier molecular flexibility index (Phi) is 4.85. The molecule has 1 heterocycles. The normalized spacial score (nSPS) is 19.4. The van der Waals surface area contributed by atoms with Crippen LogP contribution in [0.5, 0.6) is 0 Å². The van der Waals surface area contributed by atoms with Crippen LogP contribution in [0.4, 0.5) is 0 Å². The van der Waals surface area contributed by atoms with Crippen LogP contribution in [0.3, 0.4) is 0 Å². The number of aliphatic hydroxyl groups is 1. The van der Waals surface area contributed by atoms with Gasteiger partial charge < -0.3 is 10.0 Å². The maximum atomic E-state index is 12.6. The molecule has 0 saturated heterocycles. The molecule has 0 fully saturated rings. The van der Waals surface area contributed by atoms with Crippen LogP contribution in [0.15, 0.2) is 24.4 Å². The number of aliphatic hydroxyl groups excluding tert-OH is 1. The lowest BCUT2D eigenvalue weighted by Crippen LogP contribution is -2.36. The number of likely N-dealkylation sites (N-methyl/N-ethyl adjacent to an activating group) is 1. The van der Waals surface area contributed by atoms with Crippen LogP contribution in [0.1, 0.15) is 29.3 Å². The third-order valence-corrected chi connectivity index (χ3v) is 5.17. The Bertz CT molecular complexity index is 775. The summed E-state index contributed by atoms with van der Waals surface area (Å²) in [7, 11) is 3.56. The van der Waals surface area contributed by atoms with Gasteiger partial charge in [-0.25, -0.2) is 0 Å². The van der Waals surface area contributed by atoms with Crippen molar-refractivity contribution in [1.82, 2.24) is 14.7 Å². The van der Waals surface area contributed by atoms with Crippen molar-refractivity contribution < 1.29 is 9.90 Å². The van der Waals surface area contributed by atoms with Crippen LogP contribution in [-0.2, 0) is 24.7 Å². The number of rotatable bonds is 4. The Morgan fingerprint density at radius 1 is 1.46 bits per heavy atom. The molecule has 128 valence electrons. The maximum Gasteiger partial charge on any atom is 0.223 e. The van der Waals surface area contributed by atoms with E-state index in [2.05, 4.69) is 5.10 Å². The van der Waals surface area contributed by atoms with Gasteiger partial charge in [-0.3, -0.25) is 9.48 Å². The van der Waals surface area contributed by atoms with E-state index >= 15 is 0 Å². The highest BCUT2D eigenvalue weighted by atomic mass is 35.5. The molecule has 2 atom stereocenters. The van der Waals surface area contributed by atoms with Crippen molar-refractivity contribution in [2.24, 2.45) is 7.05 Å². The summed E-state index contributed by atoms with van der Waals surface area (Å²) in [6.07, 6.45) is 2.41. The quantitative estimate of drug-likeness (QED) is 0.903. The molecule has 1 aromatic carbocycles. The largest absolute Gasteiger partial charge is 0.390 e. The minimum atomic E-state index is -0.679. The molecule has 7 heteroatoms. The zero-order chi connectivity index (χ0) is 17.4. The summed E-state index contributed by atoms with van der Waals surface area (Å²) in [5, 5.41) is 15.6. The molecule has 1 aromatic heterocycles. The van der Waals surface area contributed by atoms with E-state index in [9.17, 15) is 9.90 Å². The van der Waals surface area contributed by atoms with Gasteiger partial charge >= 0.3 is 0 Å². The standard InChI is InChI=1S/C17H19Cl2N3O2/c1-21(16(24)4-3-11-5-6-20-22(11)2)17-13-7-10(18)8-14(19)12(13)9-15(17)23/h5-8,15,17,23H,3-4,9H2,1-2H3. The van der Waals surface area contributed by atoms with Gasteiger partial charge in [-0.2, -0.15) is 5.10 Å². The number of aromatic nitrogens is 2. The van der Waals surface area contributed by atoms with Crippen molar-refractivity contribution in [3.63, 3.8) is 0 Å². The second kappa shape index (κ2) is 6.75. The molecule has 2 unspecified atom stereocenters. The van der Waals surface area contributed by atoms with Crippen LogP contribution in [0.25, 0.3) is 0 Å². The second-order valence-corrected chi connectivity index (χ2v) is 6.97. The number of carbonyl (C=O) groups is 1. The fourth-order valence-corrected chi connectivity index (χ4v) is 3.90. The molecule has 1 N–H and O–H groups in total. The van der Waals surface area contributed by atoms with Crippen LogP contribution < -0.4 is 0 Å². The molecule has 0 spiro atoms. The van der Waals surface area contributed by atoms with Crippen LogP contribution in [0.2, 0.25) is 10.0 Å². The summed E-state index contributed by atoms with van der Waals surface area (Å²) >= 11 is 12.3. The number of hydrogen-bond donors (Lipinski definition) is 1. The lowest BCUT2D eigenvalue weighted by molar-refractivity contribution is -0.134. The fraction of sp³-hybridized carbons (Fsp3) is 0.412. The molecule has 0 radical (unpaired) electrons. The number of carbonyl (C=O) groups excluding carboxylic acids is 1. The van der Waals surface area contributed by atoms with Gasteiger partial charge in [0.25, 0.3) is 0 Å². The third-order valence-electron chi connectivity index (χ3n) is 4.62. The SMILES string of the molecule is CN(C(=O)CCc1ccnn1C)C1c2cc(Cl)cc(Cl)c2CC1O. The van der Waals surface area contributed by atoms with Crippen LogP contribution in [0, 0.1) is 0 Å². The minimum absolute atomic E-state index is 0.0378. The Morgan fingerprint density at radius 2 is 2.21 bits per heavy atom. The Morgan fingerprint density at radius 3 is 2.88 bits per heavy atom. The van der Waals surface area contributed by atoms with E-state index in [1.807, 2.05) is 13.1 Å². The fourth-order valence-electron chi connectivity index (χ4n) is 3.31. The number of fused-ring (bicyclic) bond motifs is 1. The van der Waals surface area contributed by atoms with Gasteiger partial charge in [-0.05, 0) is 35.7 Å². The second-order valence-electron chi connectivity index (χ2n) is 6.12. The molecule has 0 bridgehead atoms. The van der Waals surface area contributed by atoms with Crippen molar-refractivity contribution in [2.75, 3.05) is 7.05 Å². The van der Waals surface area contributed by atoms with Crippen LogP contribution in [-0.4, -0.2) is 38.8 Å². The molecule has 1 aliphatic rings. The van der Waals surface area contributed by atoms with E-state index in [0.717, 1.165) is 16.8 Å². The monoisotopic (exact) mass is 367 g/mol. The van der Waals surface area contributed by atoms with Crippen molar-refractivity contribution >= 4 is 29.1 Å². The number of aryl methyl sites for hydroxylation is 2. The molecule has 0 aliphatic heterocycles. The highest BCUT2D eigenvalue weighted by Gasteiger charge is 2.37. The average Bonchev–Trinajstić information content (AvgIpc) is 3.07. The van der Waals surface area contributed by atoms with Crippen molar-refractivity contribution in [1.29, 1.82) is 0 Å². The van der Waals surface area contributed by atoms with Crippen molar-refractivity contribution in [3.8, 4) is 0 Å². The Labute approximate surface area is 150 Å². The molecule has 0 saturated carbocycles. The first-order valence-corrected chi connectivity index (χ1v) is 8.52. The molecule has 2 aromatic rings.